The number of aliphatic carboxylic acids is 1. The van der Waals surface area contributed by atoms with Gasteiger partial charge >= 0.3 is 5.97 Å². The van der Waals surface area contributed by atoms with Crippen LogP contribution in [0.5, 0.6) is 5.75 Å². The summed E-state index contributed by atoms with van der Waals surface area (Å²) in [6.45, 7) is 3.33. The lowest BCUT2D eigenvalue weighted by atomic mass is 9.98. The molecule has 21 heavy (non-hydrogen) atoms. The Kier molecular flexibility index (Phi) is 6.17. The number of hydrogen-bond donors (Lipinski definition) is 2. The second-order valence-electron chi connectivity index (χ2n) is 5.13. The van der Waals surface area contributed by atoms with Gasteiger partial charge in [0, 0.05) is 7.11 Å². The Hall–Kier alpha value is -2.08. The maximum absolute atomic E-state index is 12.1. The van der Waals surface area contributed by atoms with Gasteiger partial charge in [0.1, 0.15) is 5.75 Å². The van der Waals surface area contributed by atoms with Crippen LogP contribution in [0.2, 0.25) is 0 Å². The third-order valence-electron chi connectivity index (χ3n) is 2.85. The first-order valence-corrected chi connectivity index (χ1v) is 6.61. The number of carbonyl (C=O) groups is 2. The first kappa shape index (κ1) is 17.0. The number of carboxylic acids is 1. The lowest BCUT2D eigenvalue weighted by Gasteiger charge is -2.29. The molecule has 0 heterocycles. The van der Waals surface area contributed by atoms with Crippen molar-refractivity contribution in [1.82, 2.24) is 5.32 Å². The number of nitrogens with one attached hydrogen (secondary N) is 1. The first-order valence-electron chi connectivity index (χ1n) is 6.61. The van der Waals surface area contributed by atoms with Gasteiger partial charge in [0.2, 0.25) is 0 Å². The summed E-state index contributed by atoms with van der Waals surface area (Å²) in [5, 5.41) is 11.6. The molecule has 0 radical (unpaired) electrons. The van der Waals surface area contributed by atoms with E-state index in [2.05, 4.69) is 5.32 Å². The van der Waals surface area contributed by atoms with E-state index in [4.69, 9.17) is 14.6 Å². The number of rotatable bonds is 8. The molecule has 0 aliphatic heterocycles. The predicted octanol–water partition coefficient (Wildman–Crippen LogP) is 1.45. The van der Waals surface area contributed by atoms with Crippen molar-refractivity contribution < 1.29 is 24.2 Å². The van der Waals surface area contributed by atoms with Gasteiger partial charge in [0.15, 0.2) is 6.10 Å². The van der Waals surface area contributed by atoms with Crippen molar-refractivity contribution in [3.05, 3.63) is 30.3 Å². The number of hydrogen-bond acceptors (Lipinski definition) is 4. The second kappa shape index (κ2) is 7.64. The topological polar surface area (TPSA) is 84.9 Å². The molecule has 0 aromatic heterocycles. The molecule has 116 valence electrons. The molecule has 0 aliphatic rings. The quantitative estimate of drug-likeness (QED) is 0.758. The van der Waals surface area contributed by atoms with E-state index < -0.39 is 17.6 Å². The van der Waals surface area contributed by atoms with Crippen LogP contribution in [-0.4, -0.2) is 42.3 Å². The molecule has 6 heteroatoms. The zero-order valence-electron chi connectivity index (χ0n) is 12.5. The summed E-state index contributed by atoms with van der Waals surface area (Å²) in [5.74, 6) is -0.821. The van der Waals surface area contributed by atoms with Gasteiger partial charge in [0.25, 0.3) is 5.91 Å². The van der Waals surface area contributed by atoms with Crippen LogP contribution in [-0.2, 0) is 14.3 Å². The van der Waals surface area contributed by atoms with Gasteiger partial charge in [-0.3, -0.25) is 9.59 Å². The smallest absolute Gasteiger partial charge is 0.305 e. The molecule has 1 aromatic rings. The average Bonchev–Trinajstić information content (AvgIpc) is 2.38. The van der Waals surface area contributed by atoms with E-state index in [1.807, 2.05) is 6.07 Å². The number of benzene rings is 1. The molecular weight excluding hydrogens is 274 g/mol. The van der Waals surface area contributed by atoms with Crippen LogP contribution in [0.25, 0.3) is 0 Å². The van der Waals surface area contributed by atoms with Crippen molar-refractivity contribution in [2.75, 3.05) is 13.7 Å². The van der Waals surface area contributed by atoms with Crippen LogP contribution in [0, 0.1) is 0 Å². The van der Waals surface area contributed by atoms with Gasteiger partial charge in [-0.1, -0.05) is 18.2 Å². The third kappa shape index (κ3) is 5.83. The largest absolute Gasteiger partial charge is 0.481 e. The van der Waals surface area contributed by atoms with E-state index in [1.165, 1.54) is 7.11 Å². The number of amides is 1. The summed E-state index contributed by atoms with van der Waals surface area (Å²) in [4.78, 5) is 23.0. The van der Waals surface area contributed by atoms with E-state index >= 15 is 0 Å². The number of ether oxygens (including phenoxy) is 2. The number of para-hydroxylation sites is 1. The summed E-state index contributed by atoms with van der Waals surface area (Å²) in [6, 6.07) is 8.95. The normalized spacial score (nSPS) is 14.8. The Morgan fingerprint density at radius 3 is 2.48 bits per heavy atom. The molecule has 0 spiro atoms. The fraction of sp³-hybridized carbons (Fsp3) is 0.467. The van der Waals surface area contributed by atoms with Gasteiger partial charge in [-0.2, -0.15) is 0 Å². The molecule has 6 nitrogen and oxygen atoms in total. The Morgan fingerprint density at radius 1 is 1.33 bits per heavy atom. The average molecular weight is 295 g/mol. The number of methoxy groups -OCH3 is 1. The number of carbonyl (C=O) groups excluding carboxylic acids is 1. The van der Waals surface area contributed by atoms with Gasteiger partial charge in [-0.05, 0) is 26.0 Å². The maximum atomic E-state index is 12.1. The summed E-state index contributed by atoms with van der Waals surface area (Å²) in [5.41, 5.74) is -0.980. The minimum absolute atomic E-state index is 0.100. The molecule has 1 aromatic carbocycles. The fourth-order valence-corrected chi connectivity index (χ4v) is 1.94. The molecule has 2 N–H and O–H groups in total. The van der Waals surface area contributed by atoms with Crippen molar-refractivity contribution >= 4 is 11.9 Å². The summed E-state index contributed by atoms with van der Waals surface area (Å²) in [6.07, 6.45) is -0.970. The highest BCUT2D eigenvalue weighted by Crippen LogP contribution is 2.14. The standard InChI is InChI=1S/C15H21NO5/c1-11(21-12-7-5-4-6-8-12)14(19)16-15(2,10-20-3)9-13(17)18/h4-8,11H,9-10H2,1-3H3,(H,16,19)(H,17,18). The summed E-state index contributed by atoms with van der Waals surface area (Å²) >= 11 is 0. The van der Waals surface area contributed by atoms with Crippen LogP contribution >= 0.6 is 0 Å². The molecule has 0 bridgehead atoms. The molecule has 0 aliphatic carbocycles. The monoisotopic (exact) mass is 295 g/mol. The minimum atomic E-state index is -1.01. The third-order valence-corrected chi connectivity index (χ3v) is 2.85. The molecule has 0 saturated carbocycles. The zero-order valence-corrected chi connectivity index (χ0v) is 12.5. The van der Waals surface area contributed by atoms with Crippen LogP contribution < -0.4 is 10.1 Å². The maximum Gasteiger partial charge on any atom is 0.305 e. The van der Waals surface area contributed by atoms with E-state index in [-0.39, 0.29) is 18.9 Å². The van der Waals surface area contributed by atoms with Gasteiger partial charge in [-0.15, -0.1) is 0 Å². The van der Waals surface area contributed by atoms with Gasteiger partial charge in [-0.25, -0.2) is 0 Å². The van der Waals surface area contributed by atoms with E-state index in [9.17, 15) is 9.59 Å². The predicted molar refractivity (Wildman–Crippen MR) is 77.2 cm³/mol. The molecular formula is C15H21NO5. The van der Waals surface area contributed by atoms with E-state index in [0.717, 1.165) is 0 Å². The first-order chi connectivity index (χ1) is 9.86. The Balaban J connectivity index is 2.66. The highest BCUT2D eigenvalue weighted by atomic mass is 16.5. The van der Waals surface area contributed by atoms with Crippen molar-refractivity contribution in [2.24, 2.45) is 0 Å². The highest BCUT2D eigenvalue weighted by molar-refractivity contribution is 5.82. The minimum Gasteiger partial charge on any atom is -0.481 e. The zero-order chi connectivity index (χ0) is 15.9. The Bertz CT molecular complexity index is 476. The lowest BCUT2D eigenvalue weighted by molar-refractivity contribution is -0.140. The Morgan fingerprint density at radius 2 is 1.95 bits per heavy atom. The molecule has 0 fully saturated rings. The Labute approximate surface area is 124 Å². The van der Waals surface area contributed by atoms with Gasteiger partial charge in [0.05, 0.1) is 18.6 Å². The molecule has 0 saturated heterocycles. The van der Waals surface area contributed by atoms with Crippen LogP contribution in [0.3, 0.4) is 0 Å². The van der Waals surface area contributed by atoms with E-state index in [0.29, 0.717) is 5.75 Å². The molecule has 1 rings (SSSR count). The molecule has 2 atom stereocenters. The van der Waals surface area contributed by atoms with Crippen molar-refractivity contribution in [1.29, 1.82) is 0 Å². The molecule has 1 amide bonds. The fourth-order valence-electron chi connectivity index (χ4n) is 1.94. The van der Waals surface area contributed by atoms with Crippen molar-refractivity contribution in [2.45, 2.75) is 31.9 Å². The highest BCUT2D eigenvalue weighted by Gasteiger charge is 2.31. The second-order valence-corrected chi connectivity index (χ2v) is 5.13. The van der Waals surface area contributed by atoms with Gasteiger partial charge < -0.3 is 19.9 Å². The summed E-state index contributed by atoms with van der Waals surface area (Å²) < 4.78 is 10.5. The lowest BCUT2D eigenvalue weighted by Crippen LogP contribution is -2.54. The summed E-state index contributed by atoms with van der Waals surface area (Å²) in [7, 11) is 1.45. The van der Waals surface area contributed by atoms with Crippen molar-refractivity contribution in [3.8, 4) is 5.75 Å². The number of carboxylic acid groups (broad SMARTS) is 1. The van der Waals surface area contributed by atoms with E-state index in [1.54, 1.807) is 38.1 Å². The van der Waals surface area contributed by atoms with Crippen LogP contribution in [0.15, 0.2) is 30.3 Å². The SMILES string of the molecule is COCC(C)(CC(=O)O)NC(=O)C(C)Oc1ccccc1. The molecule has 2 unspecified atom stereocenters. The van der Waals surface area contributed by atoms with Crippen LogP contribution in [0.4, 0.5) is 0 Å². The van der Waals surface area contributed by atoms with Crippen molar-refractivity contribution in [3.63, 3.8) is 0 Å². The van der Waals surface area contributed by atoms with Crippen LogP contribution in [0.1, 0.15) is 20.3 Å².